The van der Waals surface area contributed by atoms with Crippen LogP contribution in [0.4, 0.5) is 28.9 Å². The van der Waals surface area contributed by atoms with Gasteiger partial charge in [-0.1, -0.05) is 38.5 Å². The van der Waals surface area contributed by atoms with E-state index in [1.165, 1.54) is 19.2 Å². The minimum absolute atomic E-state index is 0.0330. The van der Waals surface area contributed by atoms with Gasteiger partial charge < -0.3 is 20.7 Å². The van der Waals surface area contributed by atoms with Gasteiger partial charge in [0.1, 0.15) is 17.7 Å². The smallest absolute Gasteiger partial charge is 0.228 e. The Balaban J connectivity index is 1.63. The SMILES string of the molecule is COC(c1cc(F)cc(F)c1)C1(C(C(=O)NC2CCCCC2)C2CCCCC2)Nc2cc(F)c(F)cc2N1. The Morgan fingerprint density at radius 2 is 1.37 bits per heavy atom. The highest BCUT2D eigenvalue weighted by Gasteiger charge is 2.56. The maximum atomic E-state index is 14.4. The third-order valence-corrected chi connectivity index (χ3v) is 8.43. The fourth-order valence-corrected chi connectivity index (χ4v) is 6.79. The molecule has 2 aromatic carbocycles. The van der Waals surface area contributed by atoms with Crippen molar-refractivity contribution in [2.45, 2.75) is 82.0 Å². The molecule has 2 saturated carbocycles. The van der Waals surface area contributed by atoms with Gasteiger partial charge in [-0.2, -0.15) is 0 Å². The molecule has 1 heterocycles. The molecule has 3 N–H and O–H groups in total. The second-order valence-corrected chi connectivity index (χ2v) is 11.0. The highest BCUT2D eigenvalue weighted by Crippen LogP contribution is 2.50. The molecule has 9 heteroatoms. The van der Waals surface area contributed by atoms with Gasteiger partial charge in [-0.3, -0.25) is 4.79 Å². The molecule has 0 radical (unpaired) electrons. The molecule has 2 unspecified atom stereocenters. The Morgan fingerprint density at radius 3 is 1.89 bits per heavy atom. The molecular formula is C29H35F4N3O2. The molecule has 38 heavy (non-hydrogen) atoms. The number of carbonyl (C=O) groups is 1. The molecule has 2 atom stereocenters. The highest BCUT2D eigenvalue weighted by molar-refractivity contribution is 5.86. The van der Waals surface area contributed by atoms with Crippen molar-refractivity contribution in [3.8, 4) is 0 Å². The summed E-state index contributed by atoms with van der Waals surface area (Å²) in [4.78, 5) is 14.2. The lowest BCUT2D eigenvalue weighted by Gasteiger charge is -2.47. The van der Waals surface area contributed by atoms with Crippen molar-refractivity contribution in [1.82, 2.24) is 5.32 Å². The third kappa shape index (κ3) is 5.22. The number of hydrogen-bond donors (Lipinski definition) is 3. The summed E-state index contributed by atoms with van der Waals surface area (Å²) in [5.41, 5.74) is -0.772. The average Bonchev–Trinajstić information content (AvgIpc) is 3.23. The van der Waals surface area contributed by atoms with E-state index >= 15 is 0 Å². The minimum Gasteiger partial charge on any atom is -0.372 e. The summed E-state index contributed by atoms with van der Waals surface area (Å²) in [5, 5.41) is 9.79. The molecule has 0 spiro atoms. The molecule has 2 aromatic rings. The van der Waals surface area contributed by atoms with Gasteiger partial charge in [0.05, 0.1) is 17.3 Å². The maximum absolute atomic E-state index is 14.4. The van der Waals surface area contributed by atoms with Crippen LogP contribution in [0.15, 0.2) is 30.3 Å². The van der Waals surface area contributed by atoms with E-state index in [9.17, 15) is 22.4 Å². The maximum Gasteiger partial charge on any atom is 0.228 e. The number of nitrogens with one attached hydrogen (secondary N) is 3. The monoisotopic (exact) mass is 533 g/mol. The first kappa shape index (κ1) is 26.8. The molecule has 1 aliphatic heterocycles. The minimum atomic E-state index is -1.46. The van der Waals surface area contributed by atoms with E-state index in [0.29, 0.717) is 0 Å². The first-order chi connectivity index (χ1) is 18.3. The van der Waals surface area contributed by atoms with Gasteiger partial charge in [-0.25, -0.2) is 17.6 Å². The van der Waals surface area contributed by atoms with Crippen LogP contribution in [-0.2, 0) is 9.53 Å². The third-order valence-electron chi connectivity index (χ3n) is 8.43. The van der Waals surface area contributed by atoms with Crippen LogP contribution in [-0.4, -0.2) is 24.7 Å². The number of benzene rings is 2. The Kier molecular flexibility index (Phi) is 7.84. The van der Waals surface area contributed by atoms with Gasteiger partial charge in [-0.15, -0.1) is 0 Å². The molecule has 0 saturated heterocycles. The van der Waals surface area contributed by atoms with Crippen LogP contribution >= 0.6 is 0 Å². The largest absolute Gasteiger partial charge is 0.372 e. The molecule has 3 aliphatic rings. The quantitative estimate of drug-likeness (QED) is 0.342. The summed E-state index contributed by atoms with van der Waals surface area (Å²) in [6.45, 7) is 0. The number of methoxy groups -OCH3 is 1. The average molecular weight is 534 g/mol. The predicted octanol–water partition coefficient (Wildman–Crippen LogP) is 6.81. The first-order valence-electron chi connectivity index (χ1n) is 13.7. The number of hydrogen-bond acceptors (Lipinski definition) is 4. The van der Waals surface area contributed by atoms with E-state index in [1.807, 2.05) is 0 Å². The fraction of sp³-hybridized carbons (Fsp3) is 0.552. The lowest BCUT2D eigenvalue weighted by atomic mass is 9.70. The standard InChI is InChI=1S/C29H35F4N3O2/c1-38-27(18-12-19(30)14-20(31)13-18)29(35-24-15-22(32)23(33)16-25(24)36-29)26(17-8-4-2-5-9-17)28(37)34-21-10-6-3-7-11-21/h12-17,21,26-27,35-36H,2-11H2,1H3,(H,34,37). The molecule has 5 nitrogen and oxygen atoms in total. The Labute approximate surface area is 220 Å². The Hall–Kier alpha value is -2.81. The molecule has 0 aromatic heterocycles. The normalized spacial score (nSPS) is 21.2. The molecule has 5 rings (SSSR count). The molecule has 1 amide bonds. The summed E-state index contributed by atoms with van der Waals surface area (Å²) in [6, 6.07) is 5.22. The summed E-state index contributed by atoms with van der Waals surface area (Å²) >= 11 is 0. The van der Waals surface area contributed by atoms with Crippen LogP contribution in [0.3, 0.4) is 0 Å². The summed E-state index contributed by atoms with van der Waals surface area (Å²) < 4.78 is 63.4. The van der Waals surface area contributed by atoms with Gasteiger partial charge in [0, 0.05) is 31.4 Å². The topological polar surface area (TPSA) is 62.4 Å². The van der Waals surface area contributed by atoms with Crippen LogP contribution in [0.1, 0.15) is 75.9 Å². The number of anilines is 2. The Morgan fingerprint density at radius 1 is 0.842 bits per heavy atom. The number of amides is 1. The molecule has 206 valence electrons. The second-order valence-electron chi connectivity index (χ2n) is 11.0. The van der Waals surface area contributed by atoms with Crippen molar-refractivity contribution in [1.29, 1.82) is 0 Å². The van der Waals surface area contributed by atoms with Gasteiger partial charge in [0.25, 0.3) is 0 Å². The summed E-state index contributed by atoms with van der Waals surface area (Å²) in [5.74, 6) is -4.71. The van der Waals surface area contributed by atoms with Gasteiger partial charge in [0.15, 0.2) is 17.3 Å². The number of fused-ring (bicyclic) bond motifs is 1. The highest BCUT2D eigenvalue weighted by atomic mass is 19.2. The number of carbonyl (C=O) groups excluding carboxylic acids is 1. The van der Waals surface area contributed by atoms with Crippen LogP contribution in [0, 0.1) is 35.1 Å². The van der Waals surface area contributed by atoms with Gasteiger partial charge in [-0.05, 0) is 49.3 Å². The summed E-state index contributed by atoms with van der Waals surface area (Å²) in [6.07, 6.45) is 8.40. The van der Waals surface area contributed by atoms with Crippen molar-refractivity contribution in [2.24, 2.45) is 11.8 Å². The lowest BCUT2D eigenvalue weighted by molar-refractivity contribution is -0.132. The first-order valence-corrected chi connectivity index (χ1v) is 13.7. The zero-order valence-corrected chi connectivity index (χ0v) is 21.6. The van der Waals surface area contributed by atoms with E-state index in [4.69, 9.17) is 4.74 Å². The number of halogens is 4. The van der Waals surface area contributed by atoms with Crippen LogP contribution in [0.2, 0.25) is 0 Å². The van der Waals surface area contributed by atoms with E-state index < -0.39 is 41.0 Å². The lowest BCUT2D eigenvalue weighted by Crippen LogP contribution is -2.62. The van der Waals surface area contributed by atoms with E-state index in [0.717, 1.165) is 82.4 Å². The predicted molar refractivity (Wildman–Crippen MR) is 138 cm³/mol. The molecule has 2 fully saturated rings. The zero-order chi connectivity index (χ0) is 26.9. The van der Waals surface area contributed by atoms with E-state index in [1.54, 1.807) is 0 Å². The van der Waals surface area contributed by atoms with E-state index in [-0.39, 0.29) is 34.8 Å². The molecule has 2 aliphatic carbocycles. The second kappa shape index (κ2) is 11.1. The zero-order valence-electron chi connectivity index (χ0n) is 21.6. The van der Waals surface area contributed by atoms with Crippen LogP contribution in [0.25, 0.3) is 0 Å². The van der Waals surface area contributed by atoms with Crippen LogP contribution in [0.5, 0.6) is 0 Å². The van der Waals surface area contributed by atoms with Crippen LogP contribution < -0.4 is 16.0 Å². The van der Waals surface area contributed by atoms with Gasteiger partial charge >= 0.3 is 0 Å². The van der Waals surface area contributed by atoms with Crippen molar-refractivity contribution in [3.63, 3.8) is 0 Å². The molecular weight excluding hydrogens is 498 g/mol. The van der Waals surface area contributed by atoms with E-state index in [2.05, 4.69) is 16.0 Å². The number of ether oxygens (including phenoxy) is 1. The van der Waals surface area contributed by atoms with Gasteiger partial charge in [0.2, 0.25) is 5.91 Å². The van der Waals surface area contributed by atoms with Crippen molar-refractivity contribution in [3.05, 3.63) is 59.2 Å². The van der Waals surface area contributed by atoms with Crippen molar-refractivity contribution < 1.29 is 27.1 Å². The summed E-state index contributed by atoms with van der Waals surface area (Å²) in [7, 11) is 1.40. The fourth-order valence-electron chi connectivity index (χ4n) is 6.79. The van der Waals surface area contributed by atoms with Crippen molar-refractivity contribution in [2.75, 3.05) is 17.7 Å². The van der Waals surface area contributed by atoms with Crippen molar-refractivity contribution >= 4 is 17.3 Å². The Bertz CT molecular complexity index is 1110. The molecule has 0 bridgehead atoms. The number of rotatable bonds is 7.